The smallest absolute Gasteiger partial charge is 0.326 e. The molecule has 0 bridgehead atoms. The molecule has 0 fully saturated rings. The summed E-state index contributed by atoms with van der Waals surface area (Å²) in [6.45, 7) is 2.92. The van der Waals surface area contributed by atoms with Crippen LogP contribution in [0.2, 0.25) is 0 Å². The number of anilines is 1. The molecular formula is C22H28N2O5S. The van der Waals surface area contributed by atoms with Crippen molar-refractivity contribution >= 4 is 28.9 Å². The van der Waals surface area contributed by atoms with Gasteiger partial charge in [-0.2, -0.15) is 0 Å². The maximum absolute atomic E-state index is 12.4. The van der Waals surface area contributed by atoms with E-state index < -0.39 is 5.97 Å². The van der Waals surface area contributed by atoms with Crippen molar-refractivity contribution in [3.8, 4) is 17.0 Å². The summed E-state index contributed by atoms with van der Waals surface area (Å²) in [7, 11) is 1.67. The van der Waals surface area contributed by atoms with Crippen LogP contribution in [0.15, 0.2) is 23.6 Å². The normalized spacial score (nSPS) is 13.1. The first-order valence-corrected chi connectivity index (χ1v) is 11.2. The molecule has 0 saturated carbocycles. The molecule has 0 aliphatic carbocycles. The third kappa shape index (κ3) is 5.79. The second-order valence-corrected chi connectivity index (χ2v) is 8.04. The highest BCUT2D eigenvalue weighted by Crippen LogP contribution is 2.36. The Hall–Kier alpha value is -2.45. The van der Waals surface area contributed by atoms with Gasteiger partial charge < -0.3 is 14.2 Å². The lowest BCUT2D eigenvalue weighted by Crippen LogP contribution is -2.42. The molecule has 1 aliphatic rings. The number of esters is 1. The number of ether oxygens (including phenoxy) is 3. The number of thiazole rings is 1. The van der Waals surface area contributed by atoms with Gasteiger partial charge in [0.15, 0.2) is 6.61 Å². The van der Waals surface area contributed by atoms with E-state index in [0.717, 1.165) is 48.4 Å². The summed E-state index contributed by atoms with van der Waals surface area (Å²) in [5.41, 5.74) is 2.26. The Bertz CT molecular complexity index is 867. The molecule has 2 aromatic rings. The number of carbonyl (C=O) groups is 2. The number of unbranched alkanes of at least 4 members (excludes halogenated alkanes) is 3. The standard InChI is InChI=1S/C22H28N2O5S/c1-3-4-5-6-10-28-22(26)13-24-18-12-16(7-8-19(18)29-14-21(24)25)17-15-30-20(23-17)9-11-27-2/h7-8,12,15H,3-6,9-11,13-14H2,1-2H3. The van der Waals surface area contributed by atoms with E-state index in [9.17, 15) is 9.59 Å². The Morgan fingerprint density at radius 3 is 2.93 bits per heavy atom. The number of carbonyl (C=O) groups excluding carboxylic acids is 2. The third-order valence-electron chi connectivity index (χ3n) is 4.82. The fraction of sp³-hybridized carbons (Fsp3) is 0.500. The van der Waals surface area contributed by atoms with Crippen molar-refractivity contribution in [1.82, 2.24) is 4.98 Å². The van der Waals surface area contributed by atoms with Gasteiger partial charge in [0.2, 0.25) is 0 Å². The van der Waals surface area contributed by atoms with Crippen molar-refractivity contribution in [2.24, 2.45) is 0 Å². The fourth-order valence-corrected chi connectivity index (χ4v) is 3.96. The number of rotatable bonds is 11. The number of nitrogens with zero attached hydrogens (tertiary/aromatic N) is 2. The SMILES string of the molecule is CCCCCCOC(=O)CN1C(=O)COc2ccc(-c3csc(CCOC)n3)cc21. The molecule has 2 heterocycles. The lowest BCUT2D eigenvalue weighted by Gasteiger charge is -2.29. The Labute approximate surface area is 181 Å². The highest BCUT2D eigenvalue weighted by Gasteiger charge is 2.28. The Morgan fingerprint density at radius 2 is 2.13 bits per heavy atom. The zero-order valence-electron chi connectivity index (χ0n) is 17.5. The molecule has 0 N–H and O–H groups in total. The van der Waals surface area contributed by atoms with Gasteiger partial charge >= 0.3 is 5.97 Å². The van der Waals surface area contributed by atoms with Crippen LogP contribution in [0, 0.1) is 0 Å². The topological polar surface area (TPSA) is 78.0 Å². The molecule has 162 valence electrons. The quantitative estimate of drug-likeness (QED) is 0.396. The molecule has 0 saturated heterocycles. The highest BCUT2D eigenvalue weighted by atomic mass is 32.1. The van der Waals surface area contributed by atoms with Gasteiger partial charge in [-0.1, -0.05) is 26.2 Å². The van der Waals surface area contributed by atoms with Crippen LogP contribution in [0.25, 0.3) is 11.3 Å². The third-order valence-corrected chi connectivity index (χ3v) is 5.73. The van der Waals surface area contributed by atoms with E-state index in [1.54, 1.807) is 18.4 Å². The molecule has 3 rings (SSSR count). The molecular weight excluding hydrogens is 404 g/mol. The summed E-state index contributed by atoms with van der Waals surface area (Å²) in [6, 6.07) is 5.57. The van der Waals surface area contributed by atoms with Crippen LogP contribution in [-0.4, -0.2) is 50.3 Å². The minimum absolute atomic E-state index is 0.0893. The van der Waals surface area contributed by atoms with Crippen LogP contribution in [-0.2, 0) is 25.5 Å². The van der Waals surface area contributed by atoms with Gasteiger partial charge in [0.05, 0.1) is 29.6 Å². The van der Waals surface area contributed by atoms with Crippen LogP contribution in [0.5, 0.6) is 5.75 Å². The van der Waals surface area contributed by atoms with Gasteiger partial charge in [0, 0.05) is 24.5 Å². The summed E-state index contributed by atoms with van der Waals surface area (Å²) in [6.07, 6.45) is 4.88. The predicted molar refractivity (Wildman–Crippen MR) is 116 cm³/mol. The summed E-state index contributed by atoms with van der Waals surface area (Å²) in [4.78, 5) is 30.8. The van der Waals surface area contributed by atoms with Crippen LogP contribution in [0.1, 0.15) is 37.6 Å². The van der Waals surface area contributed by atoms with Gasteiger partial charge in [0.25, 0.3) is 5.91 Å². The summed E-state index contributed by atoms with van der Waals surface area (Å²) >= 11 is 1.57. The summed E-state index contributed by atoms with van der Waals surface area (Å²) in [5, 5.41) is 2.97. The van der Waals surface area contributed by atoms with Crippen LogP contribution < -0.4 is 9.64 Å². The Morgan fingerprint density at radius 1 is 1.27 bits per heavy atom. The van der Waals surface area contributed by atoms with E-state index in [1.165, 1.54) is 4.90 Å². The zero-order valence-corrected chi connectivity index (χ0v) is 18.3. The van der Waals surface area contributed by atoms with Gasteiger partial charge in [-0.05, 0) is 24.6 Å². The van der Waals surface area contributed by atoms with Crippen molar-refractivity contribution in [2.45, 2.75) is 39.0 Å². The number of benzene rings is 1. The molecule has 7 nitrogen and oxygen atoms in total. The molecule has 30 heavy (non-hydrogen) atoms. The van der Waals surface area contributed by atoms with Crippen molar-refractivity contribution < 1.29 is 23.8 Å². The van der Waals surface area contributed by atoms with Crippen molar-refractivity contribution in [3.05, 3.63) is 28.6 Å². The lowest BCUT2D eigenvalue weighted by atomic mass is 10.1. The number of aromatic nitrogens is 1. The Balaban J connectivity index is 1.70. The Kier molecular flexibility index (Phi) is 8.21. The second-order valence-electron chi connectivity index (χ2n) is 7.10. The molecule has 1 aromatic heterocycles. The van der Waals surface area contributed by atoms with E-state index >= 15 is 0 Å². The molecule has 0 spiro atoms. The number of amides is 1. The van der Waals surface area contributed by atoms with Crippen molar-refractivity contribution in [1.29, 1.82) is 0 Å². The molecule has 1 amide bonds. The van der Waals surface area contributed by atoms with Crippen LogP contribution >= 0.6 is 11.3 Å². The van der Waals surface area contributed by atoms with E-state index in [0.29, 0.717) is 24.7 Å². The first-order valence-electron chi connectivity index (χ1n) is 10.3. The van der Waals surface area contributed by atoms with E-state index in [2.05, 4.69) is 11.9 Å². The van der Waals surface area contributed by atoms with E-state index in [-0.39, 0.29) is 19.1 Å². The average molecular weight is 433 g/mol. The van der Waals surface area contributed by atoms with Crippen molar-refractivity contribution in [2.75, 3.05) is 38.4 Å². The first kappa shape index (κ1) is 22.2. The average Bonchev–Trinajstić information content (AvgIpc) is 3.23. The zero-order chi connectivity index (χ0) is 21.3. The van der Waals surface area contributed by atoms with Gasteiger partial charge in [0.1, 0.15) is 12.3 Å². The molecule has 0 atom stereocenters. The first-order chi connectivity index (χ1) is 14.6. The predicted octanol–water partition coefficient (Wildman–Crippen LogP) is 3.85. The summed E-state index contributed by atoms with van der Waals surface area (Å²) in [5.74, 6) is -0.0980. The number of hydrogen-bond donors (Lipinski definition) is 0. The number of fused-ring (bicyclic) bond motifs is 1. The van der Waals surface area contributed by atoms with E-state index in [1.807, 2.05) is 23.6 Å². The minimum Gasteiger partial charge on any atom is -0.482 e. The fourth-order valence-electron chi connectivity index (χ4n) is 3.17. The van der Waals surface area contributed by atoms with Gasteiger partial charge in [-0.25, -0.2) is 4.98 Å². The molecule has 1 aromatic carbocycles. The molecule has 1 aliphatic heterocycles. The van der Waals surface area contributed by atoms with Crippen molar-refractivity contribution in [3.63, 3.8) is 0 Å². The van der Waals surface area contributed by atoms with Crippen LogP contribution in [0.4, 0.5) is 5.69 Å². The molecule has 8 heteroatoms. The largest absolute Gasteiger partial charge is 0.482 e. The maximum atomic E-state index is 12.4. The number of hydrogen-bond acceptors (Lipinski definition) is 7. The monoisotopic (exact) mass is 432 g/mol. The van der Waals surface area contributed by atoms with Gasteiger partial charge in [-0.3, -0.25) is 14.5 Å². The minimum atomic E-state index is -0.409. The highest BCUT2D eigenvalue weighted by molar-refractivity contribution is 7.09. The van der Waals surface area contributed by atoms with Gasteiger partial charge in [-0.15, -0.1) is 11.3 Å². The van der Waals surface area contributed by atoms with E-state index in [4.69, 9.17) is 14.2 Å². The number of methoxy groups -OCH3 is 1. The maximum Gasteiger partial charge on any atom is 0.326 e. The molecule has 0 unspecified atom stereocenters. The van der Waals surface area contributed by atoms with Crippen LogP contribution in [0.3, 0.4) is 0 Å². The second kappa shape index (κ2) is 11.1. The summed E-state index contributed by atoms with van der Waals surface area (Å²) < 4.78 is 16.0. The molecule has 0 radical (unpaired) electrons. The lowest BCUT2D eigenvalue weighted by molar-refractivity contribution is -0.143.